The van der Waals surface area contributed by atoms with Gasteiger partial charge in [0.1, 0.15) is 5.69 Å². The summed E-state index contributed by atoms with van der Waals surface area (Å²) in [7, 11) is -0.290. The summed E-state index contributed by atoms with van der Waals surface area (Å²) in [5, 5.41) is 0. The van der Waals surface area contributed by atoms with Crippen LogP contribution in [0.15, 0.2) is 22.8 Å². The Morgan fingerprint density at radius 3 is 2.48 bits per heavy atom. The maximum atomic E-state index is 11.3. The topological polar surface area (TPSA) is 66.5 Å². The second-order valence-electron chi connectivity index (χ2n) is 6.12. The quantitative estimate of drug-likeness (QED) is 0.845. The van der Waals surface area contributed by atoms with E-state index >= 15 is 0 Å². The number of allylic oxidation sites excluding steroid dienone is 1. The van der Waals surface area contributed by atoms with Crippen LogP contribution in [-0.2, 0) is 9.31 Å². The molecular weight excluding hydrogens is 335 g/mol. The van der Waals surface area contributed by atoms with E-state index < -0.39 is 5.91 Å². The van der Waals surface area contributed by atoms with Crippen molar-refractivity contribution in [2.75, 3.05) is 0 Å². The first kappa shape index (κ1) is 16.3. The van der Waals surface area contributed by atoms with E-state index in [4.69, 9.17) is 15.0 Å². The molecule has 1 fully saturated rings. The van der Waals surface area contributed by atoms with Crippen LogP contribution in [0.1, 0.15) is 38.2 Å². The Hall–Kier alpha value is -1.05. The Bertz CT molecular complexity index is 565. The highest BCUT2D eigenvalue weighted by atomic mass is 79.9. The standard InChI is InChI=1S/C14H20BBrN2O3/c1-13(2)14(3,4)21-15(20-13)6-5-7-18-9-10(16)8-11(18)12(17)19/h5,7-9H,6H2,1-4H3,(H2,17,19)/b7-5+. The van der Waals surface area contributed by atoms with E-state index in [-0.39, 0.29) is 18.3 Å². The van der Waals surface area contributed by atoms with Gasteiger partial charge in [0.05, 0.1) is 11.2 Å². The Morgan fingerprint density at radius 1 is 1.38 bits per heavy atom. The zero-order valence-electron chi connectivity index (χ0n) is 12.7. The van der Waals surface area contributed by atoms with E-state index in [1.165, 1.54) is 0 Å². The highest BCUT2D eigenvalue weighted by molar-refractivity contribution is 9.10. The predicted molar refractivity (Wildman–Crippen MR) is 86.9 cm³/mol. The van der Waals surface area contributed by atoms with Crippen LogP contribution in [0.4, 0.5) is 0 Å². The second-order valence-corrected chi connectivity index (χ2v) is 7.04. The van der Waals surface area contributed by atoms with Gasteiger partial charge in [0.2, 0.25) is 0 Å². The van der Waals surface area contributed by atoms with Crippen molar-refractivity contribution in [1.82, 2.24) is 4.57 Å². The number of primary amides is 1. The zero-order valence-corrected chi connectivity index (χ0v) is 14.3. The molecule has 0 radical (unpaired) electrons. The number of halogens is 1. The van der Waals surface area contributed by atoms with E-state index in [0.717, 1.165) is 4.47 Å². The molecule has 0 atom stereocenters. The minimum Gasteiger partial charge on any atom is -0.403 e. The van der Waals surface area contributed by atoms with Crippen LogP contribution in [0.25, 0.3) is 6.20 Å². The highest BCUT2D eigenvalue weighted by Gasteiger charge is 2.50. The van der Waals surface area contributed by atoms with Crippen LogP contribution >= 0.6 is 15.9 Å². The summed E-state index contributed by atoms with van der Waals surface area (Å²) in [6.45, 7) is 8.08. The van der Waals surface area contributed by atoms with Crippen LogP contribution in [-0.4, -0.2) is 28.8 Å². The molecule has 1 aromatic heterocycles. The number of carbonyl (C=O) groups is 1. The van der Waals surface area contributed by atoms with Gasteiger partial charge < -0.3 is 19.6 Å². The summed E-state index contributed by atoms with van der Waals surface area (Å²) < 4.78 is 14.3. The lowest BCUT2D eigenvalue weighted by Gasteiger charge is -2.32. The van der Waals surface area contributed by atoms with E-state index in [1.54, 1.807) is 23.0 Å². The third-order valence-electron chi connectivity index (χ3n) is 3.96. The van der Waals surface area contributed by atoms with Crippen LogP contribution < -0.4 is 5.73 Å². The van der Waals surface area contributed by atoms with Crippen LogP contribution in [0.2, 0.25) is 6.32 Å². The van der Waals surface area contributed by atoms with Gasteiger partial charge in [0.15, 0.2) is 0 Å². The van der Waals surface area contributed by atoms with Crippen molar-refractivity contribution >= 4 is 35.2 Å². The normalized spacial score (nSPS) is 20.3. The van der Waals surface area contributed by atoms with Gasteiger partial charge in [0, 0.05) is 23.2 Å². The van der Waals surface area contributed by atoms with Gasteiger partial charge >= 0.3 is 7.12 Å². The van der Waals surface area contributed by atoms with Crippen molar-refractivity contribution in [2.45, 2.75) is 45.2 Å². The van der Waals surface area contributed by atoms with Crippen molar-refractivity contribution in [3.05, 3.63) is 28.5 Å². The largest absolute Gasteiger partial charge is 0.461 e. The predicted octanol–water partition coefficient (Wildman–Crippen LogP) is 2.91. The van der Waals surface area contributed by atoms with Gasteiger partial charge in [0.25, 0.3) is 5.91 Å². The Kier molecular flexibility index (Phi) is 4.37. The lowest BCUT2D eigenvalue weighted by molar-refractivity contribution is 0.00578. The van der Waals surface area contributed by atoms with Gasteiger partial charge in [-0.15, -0.1) is 0 Å². The lowest BCUT2D eigenvalue weighted by Crippen LogP contribution is -2.41. The smallest absolute Gasteiger partial charge is 0.403 e. The average molecular weight is 355 g/mol. The lowest BCUT2D eigenvalue weighted by atomic mass is 9.85. The Labute approximate surface area is 133 Å². The van der Waals surface area contributed by atoms with Crippen molar-refractivity contribution in [3.63, 3.8) is 0 Å². The molecule has 7 heteroatoms. The minimum atomic E-state index is -0.471. The molecule has 0 spiro atoms. The number of rotatable bonds is 4. The van der Waals surface area contributed by atoms with Crippen molar-refractivity contribution in [2.24, 2.45) is 5.73 Å². The Morgan fingerprint density at radius 2 is 1.95 bits per heavy atom. The number of hydrogen-bond donors (Lipinski definition) is 1. The van der Waals surface area contributed by atoms with Gasteiger partial charge in [-0.05, 0) is 49.7 Å². The first-order valence-corrected chi connectivity index (χ1v) is 7.61. The van der Waals surface area contributed by atoms with Crippen molar-refractivity contribution in [1.29, 1.82) is 0 Å². The first-order chi connectivity index (χ1) is 9.62. The third-order valence-corrected chi connectivity index (χ3v) is 4.40. The van der Waals surface area contributed by atoms with Crippen LogP contribution in [0, 0.1) is 0 Å². The maximum Gasteiger partial charge on any atom is 0.461 e. The SMILES string of the molecule is CC1(C)OB(C/C=C/n2cc(Br)cc2C(N)=O)OC1(C)C. The fourth-order valence-corrected chi connectivity index (χ4v) is 2.55. The number of aromatic nitrogens is 1. The molecule has 1 amide bonds. The average Bonchev–Trinajstić information content (AvgIpc) is 2.77. The van der Waals surface area contributed by atoms with Crippen molar-refractivity contribution in [3.8, 4) is 0 Å². The van der Waals surface area contributed by atoms with E-state index in [1.807, 2.05) is 33.8 Å². The number of nitrogens with zero attached hydrogens (tertiary/aromatic N) is 1. The fourth-order valence-electron chi connectivity index (χ4n) is 2.11. The fraction of sp³-hybridized carbons (Fsp3) is 0.500. The van der Waals surface area contributed by atoms with E-state index in [2.05, 4.69) is 15.9 Å². The molecule has 2 rings (SSSR count). The molecule has 5 nitrogen and oxygen atoms in total. The summed E-state index contributed by atoms with van der Waals surface area (Å²) in [4.78, 5) is 11.3. The maximum absolute atomic E-state index is 11.3. The second kappa shape index (κ2) is 5.63. The van der Waals surface area contributed by atoms with E-state index in [0.29, 0.717) is 12.0 Å². The van der Waals surface area contributed by atoms with E-state index in [9.17, 15) is 4.79 Å². The van der Waals surface area contributed by atoms with Crippen LogP contribution in [0.5, 0.6) is 0 Å². The Balaban J connectivity index is 2.03. The number of amides is 1. The summed E-state index contributed by atoms with van der Waals surface area (Å²) in [6.07, 6.45) is 6.07. The van der Waals surface area contributed by atoms with Crippen molar-refractivity contribution < 1.29 is 14.1 Å². The first-order valence-electron chi connectivity index (χ1n) is 6.82. The summed E-state index contributed by atoms with van der Waals surface area (Å²) in [6, 6.07) is 1.68. The molecule has 1 saturated heterocycles. The molecule has 0 aromatic carbocycles. The molecular formula is C14H20BBrN2O3. The molecule has 2 heterocycles. The monoisotopic (exact) mass is 354 g/mol. The summed E-state index contributed by atoms with van der Waals surface area (Å²) >= 11 is 3.33. The van der Waals surface area contributed by atoms with Gasteiger partial charge in [-0.2, -0.15) is 0 Å². The van der Waals surface area contributed by atoms with Gasteiger partial charge in [-0.25, -0.2) is 0 Å². The molecule has 2 N–H and O–H groups in total. The molecule has 1 aromatic rings. The number of carbonyl (C=O) groups excluding carboxylic acids is 1. The molecule has 0 unspecified atom stereocenters. The summed E-state index contributed by atoms with van der Waals surface area (Å²) in [5.41, 5.74) is 5.09. The zero-order chi connectivity index (χ0) is 15.8. The number of nitrogens with two attached hydrogens (primary N) is 1. The van der Waals surface area contributed by atoms with Gasteiger partial charge in [-0.1, -0.05) is 6.08 Å². The molecule has 114 valence electrons. The molecule has 0 saturated carbocycles. The summed E-state index contributed by atoms with van der Waals surface area (Å²) in [5.74, 6) is -0.471. The highest BCUT2D eigenvalue weighted by Crippen LogP contribution is 2.37. The molecule has 0 aliphatic carbocycles. The number of hydrogen-bond acceptors (Lipinski definition) is 3. The third kappa shape index (κ3) is 3.41. The van der Waals surface area contributed by atoms with Crippen LogP contribution in [0.3, 0.4) is 0 Å². The van der Waals surface area contributed by atoms with Gasteiger partial charge in [-0.3, -0.25) is 4.79 Å². The molecule has 21 heavy (non-hydrogen) atoms. The molecule has 1 aliphatic rings. The molecule has 0 bridgehead atoms. The molecule has 1 aliphatic heterocycles. The minimum absolute atomic E-state index is 0.290.